The van der Waals surface area contributed by atoms with E-state index in [-0.39, 0.29) is 0 Å². The van der Waals surface area contributed by atoms with E-state index in [2.05, 4.69) is 36.4 Å². The van der Waals surface area contributed by atoms with Gasteiger partial charge in [0.05, 0.1) is 0 Å². The first-order valence-electron chi connectivity index (χ1n) is 5.38. The van der Waals surface area contributed by atoms with E-state index in [9.17, 15) is 0 Å². The molecule has 0 aromatic heterocycles. The van der Waals surface area contributed by atoms with Crippen LogP contribution in [0.5, 0.6) is 0 Å². The zero-order chi connectivity index (χ0) is 9.68. The summed E-state index contributed by atoms with van der Waals surface area (Å²) in [6, 6.07) is 1.44. The van der Waals surface area contributed by atoms with Crippen molar-refractivity contribution in [2.24, 2.45) is 0 Å². The minimum Gasteiger partial charge on any atom is -0.314 e. The van der Waals surface area contributed by atoms with E-state index in [1.54, 1.807) is 0 Å². The van der Waals surface area contributed by atoms with Gasteiger partial charge in [0.25, 0.3) is 0 Å². The topological polar surface area (TPSA) is 27.3 Å². The van der Waals surface area contributed by atoms with Crippen LogP contribution in [0.25, 0.3) is 0 Å². The Hall–Kier alpha value is -0.120. The minimum atomic E-state index is 0.710. The van der Waals surface area contributed by atoms with Crippen LogP contribution in [0.1, 0.15) is 20.3 Å². The first-order chi connectivity index (χ1) is 6.24. The Kier molecular flexibility index (Phi) is 4.70. The van der Waals surface area contributed by atoms with Gasteiger partial charge < -0.3 is 15.5 Å². The van der Waals surface area contributed by atoms with Crippen LogP contribution in [0.15, 0.2) is 0 Å². The summed E-state index contributed by atoms with van der Waals surface area (Å²) in [7, 11) is 2.20. The van der Waals surface area contributed by atoms with Crippen LogP contribution in [-0.2, 0) is 0 Å². The normalized spacial score (nSPS) is 20.3. The molecule has 1 rings (SSSR count). The zero-order valence-electron chi connectivity index (χ0n) is 9.14. The van der Waals surface area contributed by atoms with Crippen LogP contribution in [0.3, 0.4) is 0 Å². The van der Waals surface area contributed by atoms with E-state index in [0.717, 1.165) is 32.2 Å². The van der Waals surface area contributed by atoms with Crippen molar-refractivity contribution in [2.75, 3.05) is 33.2 Å². The standard InChI is InChI=1S/C10H23N3/c1-4-9(2)13(3)6-5-12-10-7-11-8-10/h9-12H,4-8H2,1-3H3. The van der Waals surface area contributed by atoms with Crippen LogP contribution < -0.4 is 10.6 Å². The van der Waals surface area contributed by atoms with E-state index in [0.29, 0.717) is 6.04 Å². The van der Waals surface area contributed by atoms with Gasteiger partial charge in [-0.1, -0.05) is 6.92 Å². The number of hydrogen-bond acceptors (Lipinski definition) is 3. The quantitative estimate of drug-likeness (QED) is 0.622. The highest BCUT2D eigenvalue weighted by Gasteiger charge is 2.15. The fourth-order valence-electron chi connectivity index (χ4n) is 1.41. The van der Waals surface area contributed by atoms with Gasteiger partial charge in [-0.2, -0.15) is 0 Å². The summed E-state index contributed by atoms with van der Waals surface area (Å²) in [6.45, 7) is 9.09. The molecule has 1 saturated heterocycles. The molecular formula is C10H23N3. The highest BCUT2D eigenvalue weighted by atomic mass is 15.2. The molecule has 0 spiro atoms. The van der Waals surface area contributed by atoms with Gasteiger partial charge in [0.1, 0.15) is 0 Å². The first-order valence-corrected chi connectivity index (χ1v) is 5.38. The predicted octanol–water partition coefficient (Wildman–Crippen LogP) is 0.278. The van der Waals surface area contributed by atoms with Gasteiger partial charge in [0.15, 0.2) is 0 Å². The fraction of sp³-hybridized carbons (Fsp3) is 1.00. The Morgan fingerprint density at radius 1 is 1.54 bits per heavy atom. The molecule has 0 radical (unpaired) electrons. The molecule has 0 aromatic carbocycles. The first kappa shape index (κ1) is 11.0. The second-order valence-electron chi connectivity index (χ2n) is 4.05. The summed E-state index contributed by atoms with van der Waals surface area (Å²) in [5, 5.41) is 6.78. The number of nitrogens with zero attached hydrogens (tertiary/aromatic N) is 1. The molecule has 1 unspecified atom stereocenters. The average Bonchev–Trinajstić information content (AvgIpc) is 2.07. The van der Waals surface area contributed by atoms with E-state index in [4.69, 9.17) is 0 Å². The fourth-order valence-corrected chi connectivity index (χ4v) is 1.41. The molecule has 1 aliphatic rings. The van der Waals surface area contributed by atoms with E-state index >= 15 is 0 Å². The number of rotatable bonds is 6. The highest BCUT2D eigenvalue weighted by Crippen LogP contribution is 1.98. The molecule has 3 nitrogen and oxygen atoms in total. The van der Waals surface area contributed by atoms with Crippen molar-refractivity contribution in [1.82, 2.24) is 15.5 Å². The third-order valence-electron chi connectivity index (χ3n) is 3.02. The SMILES string of the molecule is CCC(C)N(C)CCNC1CNC1. The van der Waals surface area contributed by atoms with Crippen LogP contribution in [0.4, 0.5) is 0 Å². The molecule has 3 heteroatoms. The van der Waals surface area contributed by atoms with Gasteiger partial charge >= 0.3 is 0 Å². The summed E-state index contributed by atoms with van der Waals surface area (Å²) in [6.07, 6.45) is 1.24. The smallest absolute Gasteiger partial charge is 0.0318 e. The van der Waals surface area contributed by atoms with Crippen molar-refractivity contribution in [1.29, 1.82) is 0 Å². The molecule has 0 aromatic rings. The summed E-state index contributed by atoms with van der Waals surface area (Å²) in [4.78, 5) is 2.42. The van der Waals surface area contributed by atoms with Crippen molar-refractivity contribution < 1.29 is 0 Å². The summed E-state index contributed by atoms with van der Waals surface area (Å²) in [5.74, 6) is 0. The zero-order valence-corrected chi connectivity index (χ0v) is 9.14. The molecule has 1 heterocycles. The van der Waals surface area contributed by atoms with Gasteiger partial charge in [-0.15, -0.1) is 0 Å². The maximum Gasteiger partial charge on any atom is 0.0318 e. The number of likely N-dealkylation sites (N-methyl/N-ethyl adjacent to an activating group) is 1. The van der Waals surface area contributed by atoms with Crippen molar-refractivity contribution in [2.45, 2.75) is 32.4 Å². The van der Waals surface area contributed by atoms with Gasteiger partial charge in [-0.3, -0.25) is 0 Å². The second kappa shape index (κ2) is 5.58. The van der Waals surface area contributed by atoms with E-state index < -0.39 is 0 Å². The molecule has 1 aliphatic heterocycles. The Bertz CT molecular complexity index is 134. The number of hydrogen-bond donors (Lipinski definition) is 2. The van der Waals surface area contributed by atoms with Crippen molar-refractivity contribution in [3.63, 3.8) is 0 Å². The molecule has 2 N–H and O–H groups in total. The summed E-state index contributed by atoms with van der Waals surface area (Å²) < 4.78 is 0. The van der Waals surface area contributed by atoms with Crippen LogP contribution >= 0.6 is 0 Å². The van der Waals surface area contributed by atoms with Crippen LogP contribution in [-0.4, -0.2) is 50.2 Å². The molecular weight excluding hydrogens is 162 g/mol. The molecule has 0 amide bonds. The lowest BCUT2D eigenvalue weighted by Gasteiger charge is -2.30. The Balaban J connectivity index is 1.97. The second-order valence-corrected chi connectivity index (χ2v) is 4.05. The molecule has 78 valence electrons. The third-order valence-corrected chi connectivity index (χ3v) is 3.02. The maximum absolute atomic E-state index is 3.52. The lowest BCUT2D eigenvalue weighted by atomic mass is 10.2. The minimum absolute atomic E-state index is 0.710. The van der Waals surface area contributed by atoms with E-state index in [1.165, 1.54) is 6.42 Å². The lowest BCUT2D eigenvalue weighted by molar-refractivity contribution is 0.241. The monoisotopic (exact) mass is 185 g/mol. The van der Waals surface area contributed by atoms with Gasteiger partial charge in [-0.05, 0) is 20.4 Å². The molecule has 0 bridgehead atoms. The molecule has 0 aliphatic carbocycles. The van der Waals surface area contributed by atoms with Crippen molar-refractivity contribution in [3.8, 4) is 0 Å². The Morgan fingerprint density at radius 3 is 2.69 bits per heavy atom. The largest absolute Gasteiger partial charge is 0.314 e. The average molecular weight is 185 g/mol. The van der Waals surface area contributed by atoms with Gasteiger partial charge in [0, 0.05) is 38.3 Å². The number of nitrogens with one attached hydrogen (secondary N) is 2. The molecule has 1 fully saturated rings. The molecule has 1 atom stereocenters. The summed E-state index contributed by atoms with van der Waals surface area (Å²) >= 11 is 0. The van der Waals surface area contributed by atoms with Crippen molar-refractivity contribution in [3.05, 3.63) is 0 Å². The third kappa shape index (κ3) is 3.63. The van der Waals surface area contributed by atoms with Gasteiger partial charge in [0.2, 0.25) is 0 Å². The lowest BCUT2D eigenvalue weighted by Crippen LogP contribution is -2.56. The van der Waals surface area contributed by atoms with Crippen LogP contribution in [0.2, 0.25) is 0 Å². The predicted molar refractivity (Wildman–Crippen MR) is 57.0 cm³/mol. The Morgan fingerprint density at radius 2 is 2.23 bits per heavy atom. The maximum atomic E-state index is 3.52. The van der Waals surface area contributed by atoms with Crippen LogP contribution in [0, 0.1) is 0 Å². The molecule has 0 saturated carbocycles. The van der Waals surface area contributed by atoms with Gasteiger partial charge in [-0.25, -0.2) is 0 Å². The van der Waals surface area contributed by atoms with E-state index in [1.807, 2.05) is 0 Å². The Labute approximate surface area is 81.9 Å². The molecule has 13 heavy (non-hydrogen) atoms. The highest BCUT2D eigenvalue weighted by molar-refractivity contribution is 4.81. The van der Waals surface area contributed by atoms with Crippen molar-refractivity contribution >= 4 is 0 Å². The summed E-state index contributed by atoms with van der Waals surface area (Å²) in [5.41, 5.74) is 0.